The summed E-state index contributed by atoms with van der Waals surface area (Å²) in [5, 5.41) is 4.96. The fourth-order valence-electron chi connectivity index (χ4n) is 6.61. The first-order valence-electron chi connectivity index (χ1n) is 17.3. The Morgan fingerprint density at radius 3 is 1.72 bits per heavy atom. The Balaban J connectivity index is 0.956. The zero-order valence-corrected chi connectivity index (χ0v) is 28.0. The van der Waals surface area contributed by atoms with Gasteiger partial charge >= 0.3 is 6.09 Å². The number of ether oxygens (including phenoxy) is 1. The number of benzene rings is 3. The quantitative estimate of drug-likeness (QED) is 0.237. The van der Waals surface area contributed by atoms with E-state index in [2.05, 4.69) is 27.2 Å². The number of aromatic nitrogens is 2. The second-order valence-corrected chi connectivity index (χ2v) is 12.7. The lowest BCUT2D eigenvalue weighted by atomic mass is 10.1. The molecule has 0 radical (unpaired) electrons. The predicted octanol–water partition coefficient (Wildman–Crippen LogP) is 4.86. The minimum atomic E-state index is -0.893. The number of anilines is 2. The maximum Gasteiger partial charge on any atom is 0.408 e. The van der Waals surface area contributed by atoms with Crippen LogP contribution in [-0.4, -0.2) is 96.1 Å². The first kappa shape index (κ1) is 32.8. The minimum absolute atomic E-state index is 0.0411. The summed E-state index contributed by atoms with van der Waals surface area (Å²) in [4.78, 5) is 57.8. The van der Waals surface area contributed by atoms with Crippen molar-refractivity contribution in [3.63, 3.8) is 0 Å². The molecule has 11 heteroatoms. The molecule has 2 aliphatic heterocycles. The SMILES string of the molecule is O=C(N[C@@H](CCC(=O)N1CCN(c2ccc3ccccc3n2)CC1)C(=O)N1CCN(c2ccc3ccccc3n2)CC1)OCc1ccccc1. The fourth-order valence-corrected chi connectivity index (χ4v) is 6.61. The van der Waals surface area contributed by atoms with E-state index in [-0.39, 0.29) is 31.3 Å². The van der Waals surface area contributed by atoms with Crippen LogP contribution in [0.5, 0.6) is 0 Å². The number of rotatable bonds is 9. The van der Waals surface area contributed by atoms with Crippen LogP contribution >= 0.6 is 0 Å². The number of amides is 3. The Hall–Kier alpha value is -5.71. The summed E-state index contributed by atoms with van der Waals surface area (Å²) >= 11 is 0. The van der Waals surface area contributed by atoms with Crippen LogP contribution in [0.25, 0.3) is 21.8 Å². The van der Waals surface area contributed by atoms with E-state index in [1.165, 1.54) is 0 Å². The molecule has 4 heterocycles. The van der Waals surface area contributed by atoms with E-state index in [4.69, 9.17) is 14.7 Å². The molecule has 0 unspecified atom stereocenters. The van der Waals surface area contributed by atoms with Crippen LogP contribution in [0.3, 0.4) is 0 Å². The van der Waals surface area contributed by atoms with Gasteiger partial charge < -0.3 is 29.7 Å². The van der Waals surface area contributed by atoms with Crippen molar-refractivity contribution in [3.05, 3.63) is 109 Å². The molecule has 5 aromatic rings. The van der Waals surface area contributed by atoms with Crippen molar-refractivity contribution < 1.29 is 19.1 Å². The summed E-state index contributed by atoms with van der Waals surface area (Å²) in [6.07, 6.45) is -0.378. The van der Waals surface area contributed by atoms with E-state index in [1.54, 1.807) is 4.90 Å². The van der Waals surface area contributed by atoms with Gasteiger partial charge in [-0.2, -0.15) is 0 Å². The smallest absolute Gasteiger partial charge is 0.408 e. The highest BCUT2D eigenvalue weighted by molar-refractivity contribution is 5.87. The predicted molar refractivity (Wildman–Crippen MR) is 194 cm³/mol. The molecule has 2 aromatic heterocycles. The van der Waals surface area contributed by atoms with Crippen molar-refractivity contribution in [2.45, 2.75) is 25.5 Å². The van der Waals surface area contributed by atoms with E-state index in [0.717, 1.165) is 39.0 Å². The molecule has 50 heavy (non-hydrogen) atoms. The summed E-state index contributed by atoms with van der Waals surface area (Å²) < 4.78 is 5.47. The number of carbonyl (C=O) groups excluding carboxylic acids is 3. The van der Waals surface area contributed by atoms with Gasteiger partial charge in [-0.1, -0.05) is 66.7 Å². The number of carbonyl (C=O) groups is 3. The van der Waals surface area contributed by atoms with Gasteiger partial charge in [0.2, 0.25) is 11.8 Å². The molecule has 2 aliphatic rings. The number of hydrogen-bond donors (Lipinski definition) is 1. The van der Waals surface area contributed by atoms with E-state index in [9.17, 15) is 14.4 Å². The zero-order valence-electron chi connectivity index (χ0n) is 28.0. The molecule has 11 nitrogen and oxygen atoms in total. The highest BCUT2D eigenvalue weighted by atomic mass is 16.5. The number of fused-ring (bicyclic) bond motifs is 2. The summed E-state index contributed by atoms with van der Waals surface area (Å²) in [7, 11) is 0. The third-order valence-electron chi connectivity index (χ3n) is 9.49. The zero-order chi connectivity index (χ0) is 34.3. The van der Waals surface area contributed by atoms with Crippen molar-refractivity contribution in [1.82, 2.24) is 25.1 Å². The number of para-hydroxylation sites is 2. The maximum atomic E-state index is 13.9. The largest absolute Gasteiger partial charge is 0.445 e. The van der Waals surface area contributed by atoms with Gasteiger partial charge in [0, 0.05) is 69.6 Å². The molecule has 0 saturated carbocycles. The van der Waals surface area contributed by atoms with Gasteiger partial charge in [-0.05, 0) is 48.4 Å². The minimum Gasteiger partial charge on any atom is -0.445 e. The van der Waals surface area contributed by atoms with Gasteiger partial charge in [0.15, 0.2) is 0 Å². The normalized spacial score (nSPS) is 15.6. The van der Waals surface area contributed by atoms with Crippen LogP contribution in [0.2, 0.25) is 0 Å². The number of piperazine rings is 2. The summed E-state index contributed by atoms with van der Waals surface area (Å²) in [6, 6.07) is 32.7. The van der Waals surface area contributed by atoms with Crippen LogP contribution in [0.1, 0.15) is 18.4 Å². The number of alkyl carbamates (subject to hydrolysis) is 1. The highest BCUT2D eigenvalue weighted by Gasteiger charge is 2.31. The standard InChI is InChI=1S/C39H41N7O4/c47-37(45-24-20-43(21-25-45)35-17-14-30-10-4-6-12-32(30)40-35)19-16-34(42-39(49)50-28-29-8-2-1-3-9-29)38(48)46-26-22-44(23-27-46)36-18-15-31-11-5-7-13-33(31)41-36/h1-15,17-18,34H,16,19-28H2,(H,42,49)/t34-/m0/s1. The molecular weight excluding hydrogens is 630 g/mol. The Morgan fingerprint density at radius 1 is 0.620 bits per heavy atom. The number of hydrogen-bond acceptors (Lipinski definition) is 8. The number of nitrogens with zero attached hydrogens (tertiary/aromatic N) is 6. The Labute approximate surface area is 291 Å². The van der Waals surface area contributed by atoms with Gasteiger partial charge in [0.05, 0.1) is 11.0 Å². The average molecular weight is 672 g/mol. The van der Waals surface area contributed by atoms with E-state index in [0.29, 0.717) is 52.4 Å². The van der Waals surface area contributed by atoms with Gasteiger partial charge in [-0.3, -0.25) is 9.59 Å². The Morgan fingerprint density at radius 2 is 1.14 bits per heavy atom. The van der Waals surface area contributed by atoms with Crippen molar-refractivity contribution >= 4 is 51.3 Å². The third-order valence-corrected chi connectivity index (χ3v) is 9.49. The van der Waals surface area contributed by atoms with Crippen molar-refractivity contribution in [2.75, 3.05) is 62.2 Å². The lowest BCUT2D eigenvalue weighted by Gasteiger charge is -2.37. The van der Waals surface area contributed by atoms with Crippen LogP contribution in [0, 0.1) is 0 Å². The second-order valence-electron chi connectivity index (χ2n) is 12.7. The Kier molecular flexibility index (Phi) is 10.00. The molecule has 3 aromatic carbocycles. The molecule has 256 valence electrons. The second kappa shape index (κ2) is 15.2. The molecule has 0 aliphatic carbocycles. The fraction of sp³-hybridized carbons (Fsp3) is 0.308. The van der Waals surface area contributed by atoms with Crippen LogP contribution in [0.4, 0.5) is 16.4 Å². The lowest BCUT2D eigenvalue weighted by molar-refractivity contribution is -0.135. The number of nitrogens with one attached hydrogen (secondary N) is 1. The topological polar surface area (TPSA) is 111 Å². The van der Waals surface area contributed by atoms with Gasteiger partial charge in [-0.15, -0.1) is 0 Å². The third kappa shape index (κ3) is 7.78. The highest BCUT2D eigenvalue weighted by Crippen LogP contribution is 2.22. The average Bonchev–Trinajstić information content (AvgIpc) is 3.18. The van der Waals surface area contributed by atoms with E-state index >= 15 is 0 Å². The molecular formula is C39H41N7O4. The van der Waals surface area contributed by atoms with Gasteiger partial charge in [-0.25, -0.2) is 14.8 Å². The summed E-state index contributed by atoms with van der Waals surface area (Å²) in [5.74, 6) is 1.52. The van der Waals surface area contributed by atoms with Crippen molar-refractivity contribution in [3.8, 4) is 0 Å². The monoisotopic (exact) mass is 671 g/mol. The number of pyridine rings is 2. The molecule has 3 amide bonds. The van der Waals surface area contributed by atoms with E-state index < -0.39 is 12.1 Å². The molecule has 1 N–H and O–H groups in total. The van der Waals surface area contributed by atoms with Crippen LogP contribution in [-0.2, 0) is 20.9 Å². The molecule has 7 rings (SSSR count). The molecule has 1 atom stereocenters. The van der Waals surface area contributed by atoms with E-state index in [1.807, 2.05) is 95.9 Å². The molecule has 2 saturated heterocycles. The van der Waals surface area contributed by atoms with Gasteiger partial charge in [0.1, 0.15) is 24.3 Å². The Bertz CT molecular complexity index is 1960. The van der Waals surface area contributed by atoms with Crippen molar-refractivity contribution in [1.29, 1.82) is 0 Å². The van der Waals surface area contributed by atoms with Gasteiger partial charge in [0.25, 0.3) is 0 Å². The first-order valence-corrected chi connectivity index (χ1v) is 17.3. The molecule has 0 spiro atoms. The maximum absolute atomic E-state index is 13.9. The lowest BCUT2D eigenvalue weighted by Crippen LogP contribution is -2.55. The van der Waals surface area contributed by atoms with Crippen LogP contribution < -0.4 is 15.1 Å². The molecule has 2 fully saturated rings. The summed E-state index contributed by atoms with van der Waals surface area (Å²) in [5.41, 5.74) is 2.72. The summed E-state index contributed by atoms with van der Waals surface area (Å²) in [6.45, 7) is 4.70. The van der Waals surface area contributed by atoms with Crippen molar-refractivity contribution in [2.24, 2.45) is 0 Å². The van der Waals surface area contributed by atoms with Crippen LogP contribution in [0.15, 0.2) is 103 Å². The molecule has 0 bridgehead atoms. The first-order chi connectivity index (χ1) is 24.5.